The molecule has 4 rings (SSSR count). The Hall–Kier alpha value is -2.46. The molecule has 31 heavy (non-hydrogen) atoms. The molecule has 4 nitrogen and oxygen atoms in total. The highest BCUT2D eigenvalue weighted by molar-refractivity contribution is 5.85. The predicted molar refractivity (Wildman–Crippen MR) is 124 cm³/mol. The maximum atomic E-state index is 13.6. The topological polar surface area (TPSA) is 40.6 Å². The molecule has 2 aromatic carbocycles. The number of likely N-dealkylation sites (tertiary alicyclic amines) is 1. The molecule has 0 radical (unpaired) electrons. The Morgan fingerprint density at radius 1 is 0.935 bits per heavy atom. The molecule has 0 aliphatic carbocycles. The van der Waals surface area contributed by atoms with E-state index in [0.29, 0.717) is 18.1 Å². The Bertz CT molecular complexity index is 887. The van der Waals surface area contributed by atoms with E-state index in [9.17, 15) is 9.59 Å². The number of benzene rings is 2. The first-order chi connectivity index (χ1) is 15.1. The van der Waals surface area contributed by atoms with E-state index in [1.165, 1.54) is 16.7 Å². The Labute approximate surface area is 186 Å². The second-order valence-electron chi connectivity index (χ2n) is 9.12. The lowest BCUT2D eigenvalue weighted by Gasteiger charge is -2.33. The van der Waals surface area contributed by atoms with Gasteiger partial charge in [0.15, 0.2) is 5.78 Å². The van der Waals surface area contributed by atoms with Crippen LogP contribution < -0.4 is 0 Å². The summed E-state index contributed by atoms with van der Waals surface area (Å²) in [5.41, 5.74) is 3.79. The van der Waals surface area contributed by atoms with E-state index in [1.807, 2.05) is 11.0 Å². The fourth-order valence-corrected chi connectivity index (χ4v) is 5.21. The molecule has 0 N–H and O–H groups in total. The molecule has 1 unspecified atom stereocenters. The fourth-order valence-electron chi connectivity index (χ4n) is 5.21. The summed E-state index contributed by atoms with van der Waals surface area (Å²) in [6, 6.07) is 18.9. The zero-order valence-electron chi connectivity index (χ0n) is 18.6. The molecule has 0 aromatic heterocycles. The van der Waals surface area contributed by atoms with Crippen molar-refractivity contribution in [2.45, 2.75) is 58.0 Å². The maximum absolute atomic E-state index is 13.6. The lowest BCUT2D eigenvalue weighted by molar-refractivity contribution is -0.130. The number of carbonyl (C=O) groups is 2. The van der Waals surface area contributed by atoms with Crippen molar-refractivity contribution in [1.82, 2.24) is 9.80 Å². The Balaban J connectivity index is 1.47. The number of hydrogen-bond donors (Lipinski definition) is 0. The highest BCUT2D eigenvalue weighted by atomic mass is 16.2. The molecule has 2 heterocycles. The van der Waals surface area contributed by atoms with Crippen LogP contribution in [0.5, 0.6) is 0 Å². The maximum Gasteiger partial charge on any atom is 0.219 e. The van der Waals surface area contributed by atoms with E-state index >= 15 is 0 Å². The quantitative estimate of drug-likeness (QED) is 0.678. The van der Waals surface area contributed by atoms with Crippen LogP contribution in [0.4, 0.5) is 0 Å². The number of piperidine rings is 1. The average molecular weight is 419 g/mol. The smallest absolute Gasteiger partial charge is 0.219 e. The van der Waals surface area contributed by atoms with Crippen LogP contribution in [0.25, 0.3) is 0 Å². The lowest BCUT2D eigenvalue weighted by atomic mass is 9.88. The molecule has 1 fully saturated rings. The third-order valence-electron chi connectivity index (χ3n) is 7.00. The van der Waals surface area contributed by atoms with Crippen LogP contribution in [0.3, 0.4) is 0 Å². The van der Waals surface area contributed by atoms with Crippen molar-refractivity contribution in [2.24, 2.45) is 5.92 Å². The van der Waals surface area contributed by atoms with E-state index in [1.54, 1.807) is 6.92 Å². The van der Waals surface area contributed by atoms with Gasteiger partial charge in [-0.1, -0.05) is 54.6 Å². The molecule has 2 aliphatic heterocycles. The average Bonchev–Trinajstić information content (AvgIpc) is 2.97. The number of nitrogens with zero attached hydrogens (tertiary/aromatic N) is 2. The van der Waals surface area contributed by atoms with Gasteiger partial charge in [-0.3, -0.25) is 14.5 Å². The third-order valence-corrected chi connectivity index (χ3v) is 7.00. The van der Waals surface area contributed by atoms with Gasteiger partial charge in [-0.25, -0.2) is 0 Å². The van der Waals surface area contributed by atoms with Crippen molar-refractivity contribution in [3.63, 3.8) is 0 Å². The molecule has 1 saturated heterocycles. The van der Waals surface area contributed by atoms with Crippen molar-refractivity contribution in [2.75, 3.05) is 19.6 Å². The number of carbonyl (C=O) groups excluding carboxylic acids is 2. The summed E-state index contributed by atoms with van der Waals surface area (Å²) >= 11 is 0. The summed E-state index contributed by atoms with van der Waals surface area (Å²) in [5.74, 6) is 1.06. The number of rotatable bonds is 6. The van der Waals surface area contributed by atoms with Crippen molar-refractivity contribution < 1.29 is 9.59 Å². The van der Waals surface area contributed by atoms with Crippen LogP contribution in [0.2, 0.25) is 0 Å². The Kier molecular flexibility index (Phi) is 7.18. The third kappa shape index (κ3) is 5.43. The van der Waals surface area contributed by atoms with Gasteiger partial charge in [0.1, 0.15) is 0 Å². The molecule has 2 aromatic rings. The van der Waals surface area contributed by atoms with E-state index in [4.69, 9.17) is 0 Å². The minimum absolute atomic E-state index is 0.156. The SMILES string of the molecule is CC(=O)N1CCC(CCC(=O)C2c3ccccc3CCCN2Cc2ccccc2)CC1. The highest BCUT2D eigenvalue weighted by Crippen LogP contribution is 2.33. The molecule has 2 aliphatic rings. The van der Waals surface area contributed by atoms with Crippen LogP contribution in [-0.4, -0.2) is 41.1 Å². The second-order valence-corrected chi connectivity index (χ2v) is 9.12. The fraction of sp³-hybridized carbons (Fsp3) is 0.481. The van der Waals surface area contributed by atoms with Crippen LogP contribution in [0.15, 0.2) is 54.6 Å². The van der Waals surface area contributed by atoms with Gasteiger partial charge in [0.25, 0.3) is 0 Å². The largest absolute Gasteiger partial charge is 0.343 e. The summed E-state index contributed by atoms with van der Waals surface area (Å²) < 4.78 is 0. The molecule has 1 atom stereocenters. The predicted octanol–water partition coefficient (Wildman–Crippen LogP) is 4.78. The van der Waals surface area contributed by atoms with E-state index in [0.717, 1.165) is 58.3 Å². The molecule has 164 valence electrons. The second kappa shape index (κ2) is 10.2. The molecular formula is C27H34N2O2. The molecule has 4 heteroatoms. The van der Waals surface area contributed by atoms with E-state index in [-0.39, 0.29) is 11.9 Å². The summed E-state index contributed by atoms with van der Waals surface area (Å²) in [5, 5.41) is 0. The first-order valence-electron chi connectivity index (χ1n) is 11.8. The normalized spacial score (nSPS) is 20.2. The lowest BCUT2D eigenvalue weighted by Crippen LogP contribution is -2.37. The first-order valence-corrected chi connectivity index (χ1v) is 11.8. The molecular weight excluding hydrogens is 384 g/mol. The minimum atomic E-state index is -0.156. The van der Waals surface area contributed by atoms with Gasteiger partial charge in [-0.2, -0.15) is 0 Å². The van der Waals surface area contributed by atoms with E-state index in [2.05, 4.69) is 53.4 Å². The zero-order chi connectivity index (χ0) is 21.6. The summed E-state index contributed by atoms with van der Waals surface area (Å²) in [4.78, 5) is 29.5. The van der Waals surface area contributed by atoms with E-state index < -0.39 is 0 Å². The monoisotopic (exact) mass is 418 g/mol. The van der Waals surface area contributed by atoms with Crippen molar-refractivity contribution >= 4 is 11.7 Å². The number of fused-ring (bicyclic) bond motifs is 1. The van der Waals surface area contributed by atoms with Crippen LogP contribution in [0.1, 0.15) is 61.8 Å². The van der Waals surface area contributed by atoms with Crippen LogP contribution in [-0.2, 0) is 22.6 Å². The first kappa shape index (κ1) is 21.8. The number of aryl methyl sites for hydroxylation is 1. The highest BCUT2D eigenvalue weighted by Gasteiger charge is 2.31. The summed E-state index contributed by atoms with van der Waals surface area (Å²) in [6.07, 6.45) is 5.70. The molecule has 0 spiro atoms. The van der Waals surface area contributed by atoms with Crippen molar-refractivity contribution in [3.8, 4) is 0 Å². The summed E-state index contributed by atoms with van der Waals surface area (Å²) in [7, 11) is 0. The van der Waals surface area contributed by atoms with Crippen molar-refractivity contribution in [1.29, 1.82) is 0 Å². The number of ketones is 1. The number of amides is 1. The number of hydrogen-bond acceptors (Lipinski definition) is 3. The van der Waals surface area contributed by atoms with Gasteiger partial charge in [-0.15, -0.1) is 0 Å². The van der Waals surface area contributed by atoms with Gasteiger partial charge < -0.3 is 4.90 Å². The van der Waals surface area contributed by atoms with Crippen molar-refractivity contribution in [3.05, 3.63) is 71.3 Å². The summed E-state index contributed by atoms with van der Waals surface area (Å²) in [6.45, 7) is 5.06. The van der Waals surface area contributed by atoms with Gasteiger partial charge >= 0.3 is 0 Å². The standard InChI is InChI=1S/C27H34N2O2/c1-21(30)28-18-15-22(16-19-28)13-14-26(31)27-25-12-6-5-10-24(25)11-7-17-29(27)20-23-8-3-2-4-9-23/h2-6,8-10,12,22,27H,7,11,13-20H2,1H3. The van der Waals surface area contributed by atoms with Crippen LogP contribution in [0, 0.1) is 5.92 Å². The van der Waals surface area contributed by atoms with Gasteiger partial charge in [0.05, 0.1) is 6.04 Å². The molecule has 0 bridgehead atoms. The van der Waals surface area contributed by atoms with Gasteiger partial charge in [0.2, 0.25) is 5.91 Å². The van der Waals surface area contributed by atoms with Crippen LogP contribution >= 0.6 is 0 Å². The molecule has 1 amide bonds. The zero-order valence-corrected chi connectivity index (χ0v) is 18.6. The number of Topliss-reactive ketones (excluding diaryl/α,β-unsaturated/α-hetero) is 1. The van der Waals surface area contributed by atoms with Gasteiger partial charge in [0, 0.05) is 33.0 Å². The minimum Gasteiger partial charge on any atom is -0.343 e. The Morgan fingerprint density at radius 3 is 2.39 bits per heavy atom. The van der Waals surface area contributed by atoms with Gasteiger partial charge in [-0.05, 0) is 61.3 Å². The molecule has 0 saturated carbocycles. The Morgan fingerprint density at radius 2 is 1.65 bits per heavy atom.